The van der Waals surface area contributed by atoms with Gasteiger partial charge in [-0.25, -0.2) is 8.42 Å². The van der Waals surface area contributed by atoms with Crippen LogP contribution in [0.4, 0.5) is 5.69 Å². The summed E-state index contributed by atoms with van der Waals surface area (Å²) >= 11 is 3.28. The molecule has 4 nitrogen and oxygen atoms in total. The van der Waals surface area contributed by atoms with E-state index in [9.17, 15) is 8.42 Å². The Morgan fingerprint density at radius 1 is 1.44 bits per heavy atom. The van der Waals surface area contributed by atoms with E-state index >= 15 is 0 Å². The first kappa shape index (κ1) is 13.8. The smallest absolute Gasteiger partial charge is 0.245 e. The number of halogens is 1. The summed E-state index contributed by atoms with van der Waals surface area (Å²) in [6, 6.07) is 4.92. The van der Waals surface area contributed by atoms with Gasteiger partial charge in [0.2, 0.25) is 10.0 Å². The highest BCUT2D eigenvalue weighted by Crippen LogP contribution is 2.37. The van der Waals surface area contributed by atoms with Gasteiger partial charge in [-0.15, -0.1) is 0 Å². The van der Waals surface area contributed by atoms with E-state index in [-0.39, 0.29) is 16.6 Å². The van der Waals surface area contributed by atoms with Gasteiger partial charge in [0.25, 0.3) is 0 Å². The molecule has 1 aliphatic rings. The number of nitrogens with zero attached hydrogens (tertiary/aromatic N) is 1. The van der Waals surface area contributed by atoms with E-state index in [1.54, 1.807) is 25.2 Å². The van der Waals surface area contributed by atoms with E-state index in [0.717, 1.165) is 12.8 Å². The molecule has 18 heavy (non-hydrogen) atoms. The molecular formula is C12H17BrN2O2S. The van der Waals surface area contributed by atoms with Crippen molar-refractivity contribution >= 4 is 31.6 Å². The minimum atomic E-state index is -3.52. The second-order valence-electron chi connectivity index (χ2n) is 4.78. The Labute approximate surface area is 116 Å². The van der Waals surface area contributed by atoms with Crippen LogP contribution in [0.25, 0.3) is 0 Å². The van der Waals surface area contributed by atoms with Crippen molar-refractivity contribution < 1.29 is 8.42 Å². The van der Waals surface area contributed by atoms with Gasteiger partial charge in [0.15, 0.2) is 0 Å². The molecule has 1 aromatic carbocycles. The molecule has 0 saturated heterocycles. The highest BCUT2D eigenvalue weighted by atomic mass is 79.9. The van der Waals surface area contributed by atoms with E-state index in [2.05, 4.69) is 15.9 Å². The number of benzene rings is 1. The van der Waals surface area contributed by atoms with Gasteiger partial charge in [-0.05, 0) is 43.9 Å². The van der Waals surface area contributed by atoms with E-state index in [1.807, 2.05) is 6.92 Å². The molecule has 1 aliphatic carbocycles. The predicted molar refractivity (Wildman–Crippen MR) is 75.7 cm³/mol. The van der Waals surface area contributed by atoms with Crippen LogP contribution in [0.5, 0.6) is 0 Å². The number of anilines is 1. The summed E-state index contributed by atoms with van der Waals surface area (Å²) in [5.41, 5.74) is 6.06. The second kappa shape index (κ2) is 4.83. The first-order valence-corrected chi connectivity index (χ1v) is 8.10. The molecule has 1 saturated carbocycles. The highest BCUT2D eigenvalue weighted by molar-refractivity contribution is 9.10. The summed E-state index contributed by atoms with van der Waals surface area (Å²) in [6.45, 7) is 1.95. The zero-order valence-corrected chi connectivity index (χ0v) is 12.8. The molecule has 0 heterocycles. The molecule has 1 unspecified atom stereocenters. The Bertz CT molecular complexity index is 555. The molecule has 1 atom stereocenters. The molecule has 0 aliphatic heterocycles. The lowest BCUT2D eigenvalue weighted by Gasteiger charge is -2.24. The lowest BCUT2D eigenvalue weighted by Crippen LogP contribution is -2.36. The molecular weight excluding hydrogens is 316 g/mol. The molecule has 0 amide bonds. The first-order valence-electron chi connectivity index (χ1n) is 5.87. The van der Waals surface area contributed by atoms with Gasteiger partial charge in [0, 0.05) is 17.6 Å². The zero-order chi connectivity index (χ0) is 13.5. The quantitative estimate of drug-likeness (QED) is 0.861. The Morgan fingerprint density at radius 3 is 2.61 bits per heavy atom. The number of nitrogen functional groups attached to an aromatic ring is 1. The molecule has 2 rings (SSSR count). The second-order valence-corrected chi connectivity index (χ2v) is 7.66. The Hall–Kier alpha value is -0.590. The summed E-state index contributed by atoms with van der Waals surface area (Å²) in [4.78, 5) is 0.173. The largest absolute Gasteiger partial charge is 0.398 e. The molecule has 1 aromatic rings. The Kier molecular flexibility index (Phi) is 3.71. The number of sulfonamides is 1. The molecule has 0 aromatic heterocycles. The van der Waals surface area contributed by atoms with Crippen molar-refractivity contribution in [1.29, 1.82) is 0 Å². The van der Waals surface area contributed by atoms with E-state index < -0.39 is 10.0 Å². The highest BCUT2D eigenvalue weighted by Gasteiger charge is 2.36. The maximum absolute atomic E-state index is 12.5. The molecule has 1 fully saturated rings. The van der Waals surface area contributed by atoms with Gasteiger partial charge >= 0.3 is 0 Å². The minimum Gasteiger partial charge on any atom is -0.398 e. The van der Waals surface area contributed by atoms with Crippen molar-refractivity contribution in [2.75, 3.05) is 12.8 Å². The summed E-state index contributed by atoms with van der Waals surface area (Å²) in [5.74, 6) is 0.484. The van der Waals surface area contributed by atoms with Crippen LogP contribution in [0, 0.1) is 5.92 Å². The summed E-state index contributed by atoms with van der Waals surface area (Å²) in [5, 5.41) is 0. The number of rotatable bonds is 4. The van der Waals surface area contributed by atoms with Gasteiger partial charge in [-0.1, -0.05) is 15.9 Å². The zero-order valence-electron chi connectivity index (χ0n) is 10.4. The molecule has 0 spiro atoms. The lowest BCUT2D eigenvalue weighted by atomic mass is 10.2. The van der Waals surface area contributed by atoms with Crippen molar-refractivity contribution in [1.82, 2.24) is 4.31 Å². The predicted octanol–water partition coefficient (Wildman–Crippen LogP) is 2.45. The molecule has 0 bridgehead atoms. The first-order chi connectivity index (χ1) is 8.34. The molecule has 2 N–H and O–H groups in total. The third kappa shape index (κ3) is 2.55. The average Bonchev–Trinajstić information content (AvgIpc) is 3.14. The van der Waals surface area contributed by atoms with Crippen LogP contribution in [0.1, 0.15) is 19.8 Å². The fraction of sp³-hybridized carbons (Fsp3) is 0.500. The van der Waals surface area contributed by atoms with Crippen molar-refractivity contribution in [3.05, 3.63) is 22.7 Å². The van der Waals surface area contributed by atoms with Crippen molar-refractivity contribution in [2.24, 2.45) is 5.92 Å². The van der Waals surface area contributed by atoms with Crippen LogP contribution in [0.15, 0.2) is 27.6 Å². The van der Waals surface area contributed by atoms with Crippen LogP contribution in [0.3, 0.4) is 0 Å². The standard InChI is InChI=1S/C12H17BrN2O2S/c1-8(9-3-4-9)15(2)18(16,17)12-7-10(13)5-6-11(12)14/h5-9H,3-4,14H2,1-2H3. The van der Waals surface area contributed by atoms with Gasteiger partial charge in [-0.2, -0.15) is 4.31 Å². The van der Waals surface area contributed by atoms with Gasteiger partial charge < -0.3 is 5.73 Å². The van der Waals surface area contributed by atoms with Gasteiger partial charge in [0.1, 0.15) is 4.90 Å². The van der Waals surface area contributed by atoms with Crippen LogP contribution in [0.2, 0.25) is 0 Å². The third-order valence-electron chi connectivity index (χ3n) is 3.51. The minimum absolute atomic E-state index is 0.0216. The SMILES string of the molecule is CC(C1CC1)N(C)S(=O)(=O)c1cc(Br)ccc1N. The van der Waals surface area contributed by atoms with Crippen molar-refractivity contribution in [3.8, 4) is 0 Å². The van der Waals surface area contributed by atoms with Crippen LogP contribution >= 0.6 is 15.9 Å². The Morgan fingerprint density at radius 2 is 2.06 bits per heavy atom. The summed E-state index contributed by atoms with van der Waals surface area (Å²) in [6.07, 6.45) is 2.21. The van der Waals surface area contributed by atoms with E-state index in [4.69, 9.17) is 5.73 Å². The number of nitrogens with two attached hydrogens (primary N) is 1. The van der Waals surface area contributed by atoms with Gasteiger partial charge in [0.05, 0.1) is 5.69 Å². The van der Waals surface area contributed by atoms with Crippen LogP contribution in [-0.4, -0.2) is 25.8 Å². The fourth-order valence-corrected chi connectivity index (χ4v) is 4.06. The molecule has 6 heteroatoms. The van der Waals surface area contributed by atoms with Crippen LogP contribution in [-0.2, 0) is 10.0 Å². The Balaban J connectivity index is 2.37. The molecule has 100 valence electrons. The fourth-order valence-electron chi connectivity index (χ4n) is 1.98. The normalized spacial score (nSPS) is 18.0. The number of hydrogen-bond acceptors (Lipinski definition) is 3. The van der Waals surface area contributed by atoms with Gasteiger partial charge in [-0.3, -0.25) is 0 Å². The molecule has 0 radical (unpaired) electrons. The summed E-state index contributed by atoms with van der Waals surface area (Å²) in [7, 11) is -1.89. The van der Waals surface area contributed by atoms with Crippen molar-refractivity contribution in [2.45, 2.75) is 30.7 Å². The maximum Gasteiger partial charge on any atom is 0.245 e. The number of hydrogen-bond donors (Lipinski definition) is 1. The van der Waals surface area contributed by atoms with E-state index in [0.29, 0.717) is 10.4 Å². The van der Waals surface area contributed by atoms with E-state index in [1.165, 1.54) is 4.31 Å². The third-order valence-corrected chi connectivity index (χ3v) is 6.00. The maximum atomic E-state index is 12.5. The average molecular weight is 333 g/mol. The lowest BCUT2D eigenvalue weighted by molar-refractivity contribution is 0.357. The summed E-state index contributed by atoms with van der Waals surface area (Å²) < 4.78 is 27.2. The monoisotopic (exact) mass is 332 g/mol. The van der Waals surface area contributed by atoms with Crippen LogP contribution < -0.4 is 5.73 Å². The topological polar surface area (TPSA) is 63.4 Å². The van der Waals surface area contributed by atoms with Crippen molar-refractivity contribution in [3.63, 3.8) is 0 Å².